The third-order valence-corrected chi connectivity index (χ3v) is 6.52. The maximum absolute atomic E-state index is 12.9. The van der Waals surface area contributed by atoms with Gasteiger partial charge in [0, 0.05) is 18.7 Å². The number of hydrogen-bond donors (Lipinski definition) is 3. The van der Waals surface area contributed by atoms with E-state index in [0.29, 0.717) is 19.4 Å². The van der Waals surface area contributed by atoms with Crippen molar-refractivity contribution in [3.63, 3.8) is 0 Å². The van der Waals surface area contributed by atoms with Gasteiger partial charge in [0.2, 0.25) is 11.8 Å². The van der Waals surface area contributed by atoms with Crippen LogP contribution in [0.1, 0.15) is 43.5 Å². The van der Waals surface area contributed by atoms with Crippen molar-refractivity contribution < 1.29 is 22.8 Å². The van der Waals surface area contributed by atoms with Crippen molar-refractivity contribution in [1.29, 1.82) is 5.26 Å². The number of carbonyl (C=O) groups is 3. The van der Waals surface area contributed by atoms with Gasteiger partial charge >= 0.3 is 0 Å². The third-order valence-electron chi connectivity index (χ3n) is 5.10. The second-order valence-electron chi connectivity index (χ2n) is 8.27. The van der Waals surface area contributed by atoms with Crippen LogP contribution in [0.15, 0.2) is 23.1 Å². The Bertz CT molecular complexity index is 1040. The van der Waals surface area contributed by atoms with Crippen LogP contribution in [0.2, 0.25) is 5.02 Å². The summed E-state index contributed by atoms with van der Waals surface area (Å²) in [5.41, 5.74) is 0.0279. The van der Waals surface area contributed by atoms with Crippen molar-refractivity contribution in [3.8, 4) is 6.07 Å². The summed E-state index contributed by atoms with van der Waals surface area (Å²) in [4.78, 5) is 37.4. The molecule has 3 atom stereocenters. The molecule has 32 heavy (non-hydrogen) atoms. The number of amides is 3. The first kappa shape index (κ1) is 25.6. The summed E-state index contributed by atoms with van der Waals surface area (Å²) >= 11 is 6.11. The summed E-state index contributed by atoms with van der Waals surface area (Å²) in [6.45, 7) is 4.30. The molecule has 0 saturated carbocycles. The van der Waals surface area contributed by atoms with Crippen LogP contribution in [0.4, 0.5) is 0 Å². The number of sulfone groups is 1. The first-order valence-corrected chi connectivity index (χ1v) is 12.5. The molecular weight excluding hydrogens is 456 g/mol. The van der Waals surface area contributed by atoms with E-state index >= 15 is 0 Å². The normalized spacial score (nSPS) is 17.9. The van der Waals surface area contributed by atoms with E-state index in [4.69, 9.17) is 11.6 Å². The van der Waals surface area contributed by atoms with E-state index in [-0.39, 0.29) is 39.6 Å². The number of hydrogen-bond acceptors (Lipinski definition) is 6. The Hall–Kier alpha value is -2.64. The van der Waals surface area contributed by atoms with Gasteiger partial charge in [0.1, 0.15) is 12.1 Å². The number of benzene rings is 1. The summed E-state index contributed by atoms with van der Waals surface area (Å²) in [5, 5.41) is 17.3. The van der Waals surface area contributed by atoms with E-state index in [0.717, 1.165) is 6.26 Å². The molecule has 9 nitrogen and oxygen atoms in total. The Labute approximate surface area is 192 Å². The minimum Gasteiger partial charge on any atom is -0.356 e. The first-order chi connectivity index (χ1) is 14.9. The van der Waals surface area contributed by atoms with Gasteiger partial charge < -0.3 is 16.0 Å². The van der Waals surface area contributed by atoms with E-state index in [9.17, 15) is 28.1 Å². The molecule has 0 radical (unpaired) electrons. The van der Waals surface area contributed by atoms with Crippen molar-refractivity contribution >= 4 is 39.2 Å². The molecule has 3 N–H and O–H groups in total. The lowest BCUT2D eigenvalue weighted by Gasteiger charge is -2.23. The largest absolute Gasteiger partial charge is 0.356 e. The molecule has 0 unspecified atom stereocenters. The van der Waals surface area contributed by atoms with Gasteiger partial charge in [0.15, 0.2) is 9.84 Å². The zero-order chi connectivity index (χ0) is 24.1. The zero-order valence-corrected chi connectivity index (χ0v) is 19.7. The molecule has 1 fully saturated rings. The van der Waals surface area contributed by atoms with Crippen LogP contribution in [0.5, 0.6) is 0 Å². The Morgan fingerprint density at radius 2 is 2.00 bits per heavy atom. The van der Waals surface area contributed by atoms with Crippen molar-refractivity contribution in [2.75, 3.05) is 12.8 Å². The van der Waals surface area contributed by atoms with Gasteiger partial charge in [0.05, 0.1) is 21.6 Å². The quantitative estimate of drug-likeness (QED) is 0.485. The minimum atomic E-state index is -3.49. The molecule has 0 spiro atoms. The molecule has 1 aromatic carbocycles. The summed E-state index contributed by atoms with van der Waals surface area (Å²) < 4.78 is 23.3. The maximum Gasteiger partial charge on any atom is 0.253 e. The van der Waals surface area contributed by atoms with Gasteiger partial charge in [-0.1, -0.05) is 25.4 Å². The van der Waals surface area contributed by atoms with Crippen molar-refractivity contribution in [2.24, 2.45) is 11.8 Å². The van der Waals surface area contributed by atoms with Crippen molar-refractivity contribution in [1.82, 2.24) is 16.0 Å². The zero-order valence-electron chi connectivity index (χ0n) is 18.1. The van der Waals surface area contributed by atoms with Gasteiger partial charge in [-0.15, -0.1) is 0 Å². The fourth-order valence-electron chi connectivity index (χ4n) is 3.42. The van der Waals surface area contributed by atoms with Gasteiger partial charge in [-0.05, 0) is 43.4 Å². The summed E-state index contributed by atoms with van der Waals surface area (Å²) in [6, 6.07) is 3.92. The second-order valence-corrected chi connectivity index (χ2v) is 10.7. The average Bonchev–Trinajstić information content (AvgIpc) is 3.10. The molecular formula is C21H27ClN4O5S. The van der Waals surface area contributed by atoms with E-state index < -0.39 is 33.7 Å². The van der Waals surface area contributed by atoms with Crippen LogP contribution in [0, 0.1) is 23.2 Å². The Morgan fingerprint density at radius 3 is 2.50 bits per heavy atom. The number of nitriles is 1. The van der Waals surface area contributed by atoms with E-state index in [1.807, 2.05) is 19.9 Å². The van der Waals surface area contributed by atoms with E-state index in [1.54, 1.807) is 0 Å². The second kappa shape index (κ2) is 10.8. The molecule has 1 aromatic rings. The Balaban J connectivity index is 2.13. The Kier molecular flexibility index (Phi) is 8.64. The topological polar surface area (TPSA) is 145 Å². The highest BCUT2D eigenvalue weighted by Crippen LogP contribution is 2.21. The highest BCUT2D eigenvalue weighted by molar-refractivity contribution is 7.90. The number of nitrogens with zero attached hydrogens (tertiary/aromatic N) is 1. The maximum atomic E-state index is 12.9. The van der Waals surface area contributed by atoms with Crippen LogP contribution in [0.3, 0.4) is 0 Å². The van der Waals surface area contributed by atoms with Crippen molar-refractivity contribution in [2.45, 2.75) is 50.1 Å². The monoisotopic (exact) mass is 482 g/mol. The fraction of sp³-hybridized carbons (Fsp3) is 0.524. The van der Waals surface area contributed by atoms with Crippen LogP contribution in [-0.2, 0) is 19.4 Å². The lowest BCUT2D eigenvalue weighted by atomic mass is 9.98. The molecule has 11 heteroatoms. The van der Waals surface area contributed by atoms with Crippen LogP contribution in [0.25, 0.3) is 0 Å². The molecule has 1 aliphatic heterocycles. The van der Waals surface area contributed by atoms with Crippen molar-refractivity contribution in [3.05, 3.63) is 28.8 Å². The Morgan fingerprint density at radius 1 is 1.31 bits per heavy atom. The molecule has 1 heterocycles. The molecule has 3 amide bonds. The standard InChI is InChI=1S/C21H27ClN4O5S/c1-12(2)8-18(21(29)25-14(11-23)9-13-6-7-24-19(13)27)26-20(28)16-5-4-15(10-17(16)22)32(3,30)31/h4-5,10,12-14,18H,6-9H2,1-3H3,(H,24,27)(H,25,29)(H,26,28)/t13-,14-,18-/m0/s1. The highest BCUT2D eigenvalue weighted by Gasteiger charge is 2.30. The summed E-state index contributed by atoms with van der Waals surface area (Å²) in [6.07, 6.45) is 2.12. The fourth-order valence-corrected chi connectivity index (χ4v) is 4.40. The van der Waals surface area contributed by atoms with E-state index in [2.05, 4.69) is 16.0 Å². The molecule has 174 valence electrons. The van der Waals surface area contributed by atoms with Gasteiger partial charge in [-0.3, -0.25) is 14.4 Å². The molecule has 0 aliphatic carbocycles. The summed E-state index contributed by atoms with van der Waals surface area (Å²) in [7, 11) is -3.49. The number of rotatable bonds is 9. The number of halogens is 1. The number of nitrogens with one attached hydrogen (secondary N) is 3. The predicted octanol–water partition coefficient (Wildman–Crippen LogP) is 1.42. The van der Waals surface area contributed by atoms with Gasteiger partial charge in [-0.2, -0.15) is 5.26 Å². The van der Waals surface area contributed by atoms with Crippen LogP contribution >= 0.6 is 11.6 Å². The van der Waals surface area contributed by atoms with Gasteiger partial charge in [0.25, 0.3) is 5.91 Å². The van der Waals surface area contributed by atoms with Crippen LogP contribution in [-0.4, -0.2) is 51.0 Å². The average molecular weight is 483 g/mol. The SMILES string of the molecule is CC(C)C[C@H](NC(=O)c1ccc(S(C)(=O)=O)cc1Cl)C(=O)N[C@H](C#N)C[C@@H]1CCNC1=O. The minimum absolute atomic E-state index is 0.0247. The molecule has 0 bridgehead atoms. The number of carbonyl (C=O) groups excluding carboxylic acids is 3. The molecule has 0 aromatic heterocycles. The highest BCUT2D eigenvalue weighted by atomic mass is 35.5. The first-order valence-electron chi connectivity index (χ1n) is 10.2. The van der Waals surface area contributed by atoms with Gasteiger partial charge in [-0.25, -0.2) is 8.42 Å². The lowest BCUT2D eigenvalue weighted by Crippen LogP contribution is -2.50. The smallest absolute Gasteiger partial charge is 0.253 e. The van der Waals surface area contributed by atoms with E-state index in [1.165, 1.54) is 18.2 Å². The molecule has 2 rings (SSSR count). The lowest BCUT2D eigenvalue weighted by molar-refractivity contribution is -0.125. The van der Waals surface area contributed by atoms with Crippen LogP contribution < -0.4 is 16.0 Å². The summed E-state index contributed by atoms with van der Waals surface area (Å²) in [5.74, 6) is -1.61. The predicted molar refractivity (Wildman–Crippen MR) is 119 cm³/mol. The third kappa shape index (κ3) is 6.93. The molecule has 1 aliphatic rings. The molecule has 1 saturated heterocycles.